The normalized spacial score (nSPS) is 28.3. The van der Waals surface area contributed by atoms with Crippen LogP contribution >= 0.6 is 12.2 Å². The minimum absolute atomic E-state index is 0.00268. The lowest BCUT2D eigenvalue weighted by molar-refractivity contribution is -0.177. The zero-order valence-electron chi connectivity index (χ0n) is 11.0. The number of hydrogen-bond donors (Lipinski definition) is 3. The van der Waals surface area contributed by atoms with Gasteiger partial charge in [0.25, 0.3) is 4.84 Å². The minimum Gasteiger partial charge on any atom is -0.437 e. The van der Waals surface area contributed by atoms with Gasteiger partial charge in [-0.15, -0.1) is 0 Å². The van der Waals surface area contributed by atoms with E-state index in [0.717, 1.165) is 5.56 Å². The average molecular weight is 309 g/mol. The van der Waals surface area contributed by atoms with Crippen molar-refractivity contribution in [2.75, 3.05) is 0 Å². The standard InChI is InChI=1S/C14H15NO5S/c16-10-9-7-20-14(21)15(9)13(18)11(17)12(10)19-6-8-4-2-1-3-5-8/h1-5,7,10-13,16-18H,6H2/t10-,11-,12-,13-/m1/s1. The molecule has 21 heavy (non-hydrogen) atoms. The number of ether oxygens (including phenoxy) is 1. The van der Waals surface area contributed by atoms with Crippen LogP contribution in [0.1, 0.15) is 23.6 Å². The molecule has 112 valence electrons. The van der Waals surface area contributed by atoms with Crippen LogP contribution in [-0.2, 0) is 11.3 Å². The first-order valence-electron chi connectivity index (χ1n) is 6.49. The zero-order chi connectivity index (χ0) is 15.0. The van der Waals surface area contributed by atoms with Crippen molar-refractivity contribution in [3.05, 3.63) is 52.7 Å². The van der Waals surface area contributed by atoms with Gasteiger partial charge in [0, 0.05) is 0 Å². The highest BCUT2D eigenvalue weighted by molar-refractivity contribution is 7.71. The van der Waals surface area contributed by atoms with Gasteiger partial charge in [-0.2, -0.15) is 0 Å². The summed E-state index contributed by atoms with van der Waals surface area (Å²) in [5.74, 6) is 0. The summed E-state index contributed by atoms with van der Waals surface area (Å²) < 4.78 is 11.8. The number of oxazole rings is 1. The highest BCUT2D eigenvalue weighted by atomic mass is 32.1. The van der Waals surface area contributed by atoms with Crippen LogP contribution < -0.4 is 0 Å². The maximum Gasteiger partial charge on any atom is 0.271 e. The molecule has 2 aromatic rings. The summed E-state index contributed by atoms with van der Waals surface area (Å²) in [6.45, 7) is 0.213. The molecule has 0 spiro atoms. The molecule has 0 amide bonds. The Morgan fingerprint density at radius 2 is 1.90 bits per heavy atom. The molecule has 3 N–H and O–H groups in total. The molecule has 0 saturated carbocycles. The highest BCUT2D eigenvalue weighted by Crippen LogP contribution is 2.34. The molecule has 1 aliphatic rings. The first-order valence-corrected chi connectivity index (χ1v) is 6.90. The molecule has 0 saturated heterocycles. The van der Waals surface area contributed by atoms with Crippen molar-refractivity contribution < 1.29 is 24.5 Å². The van der Waals surface area contributed by atoms with Crippen LogP contribution in [0.15, 0.2) is 41.0 Å². The summed E-state index contributed by atoms with van der Waals surface area (Å²) in [7, 11) is 0. The van der Waals surface area contributed by atoms with E-state index in [-0.39, 0.29) is 17.1 Å². The number of fused-ring (bicyclic) bond motifs is 1. The minimum atomic E-state index is -1.31. The largest absolute Gasteiger partial charge is 0.437 e. The third kappa shape index (κ3) is 2.54. The average Bonchev–Trinajstić information content (AvgIpc) is 2.88. The molecule has 3 rings (SSSR count). The van der Waals surface area contributed by atoms with E-state index in [9.17, 15) is 15.3 Å². The van der Waals surface area contributed by atoms with Gasteiger partial charge in [0.05, 0.1) is 12.3 Å². The second kappa shape index (κ2) is 5.70. The van der Waals surface area contributed by atoms with Crippen molar-refractivity contribution in [2.24, 2.45) is 0 Å². The number of rotatable bonds is 3. The fourth-order valence-corrected chi connectivity index (χ4v) is 2.70. The summed E-state index contributed by atoms with van der Waals surface area (Å²) in [4.78, 5) is -0.00268. The second-order valence-electron chi connectivity index (χ2n) is 4.91. The SMILES string of the molecule is O[C@@H]1[C@H](OCc2ccccc2)[C@H](O)c2coc(=S)n2[C@@H]1O. The Bertz CT molecular complexity index is 668. The van der Waals surface area contributed by atoms with Gasteiger partial charge >= 0.3 is 0 Å². The van der Waals surface area contributed by atoms with Crippen molar-refractivity contribution >= 4 is 12.2 Å². The van der Waals surface area contributed by atoms with Gasteiger partial charge in [-0.05, 0) is 17.8 Å². The van der Waals surface area contributed by atoms with E-state index >= 15 is 0 Å². The summed E-state index contributed by atoms with van der Waals surface area (Å²) in [6, 6.07) is 9.37. The fraction of sp³-hybridized carbons (Fsp3) is 0.357. The number of nitrogens with zero attached hydrogens (tertiary/aromatic N) is 1. The van der Waals surface area contributed by atoms with E-state index in [4.69, 9.17) is 21.4 Å². The van der Waals surface area contributed by atoms with Crippen molar-refractivity contribution in [1.29, 1.82) is 0 Å². The third-order valence-electron chi connectivity index (χ3n) is 3.56. The predicted octanol–water partition coefficient (Wildman–Crippen LogP) is 1.29. The highest BCUT2D eigenvalue weighted by Gasteiger charge is 2.42. The Labute approximate surface area is 125 Å². The molecule has 0 bridgehead atoms. The number of hydrogen-bond acceptors (Lipinski definition) is 6. The number of benzene rings is 1. The van der Waals surface area contributed by atoms with E-state index in [1.165, 1.54) is 10.8 Å². The molecule has 7 heteroatoms. The molecule has 0 radical (unpaired) electrons. The van der Waals surface area contributed by atoms with Crippen LogP contribution in [0.5, 0.6) is 0 Å². The number of aromatic nitrogens is 1. The van der Waals surface area contributed by atoms with Gasteiger partial charge in [-0.25, -0.2) is 0 Å². The third-order valence-corrected chi connectivity index (χ3v) is 3.85. The van der Waals surface area contributed by atoms with Gasteiger partial charge in [-0.1, -0.05) is 30.3 Å². The Balaban J connectivity index is 1.82. The van der Waals surface area contributed by atoms with Gasteiger partial charge in [-0.3, -0.25) is 4.57 Å². The van der Waals surface area contributed by atoms with E-state index in [2.05, 4.69) is 0 Å². The Morgan fingerprint density at radius 3 is 2.62 bits per heavy atom. The lowest BCUT2D eigenvalue weighted by Gasteiger charge is -2.36. The van der Waals surface area contributed by atoms with Crippen LogP contribution in [-0.4, -0.2) is 32.1 Å². The van der Waals surface area contributed by atoms with Crippen LogP contribution in [0, 0.1) is 4.84 Å². The summed E-state index contributed by atoms with van der Waals surface area (Å²) >= 11 is 4.91. The molecule has 1 aromatic carbocycles. The summed E-state index contributed by atoms with van der Waals surface area (Å²) in [5, 5.41) is 30.5. The van der Waals surface area contributed by atoms with Crippen LogP contribution in [0.25, 0.3) is 0 Å². The van der Waals surface area contributed by atoms with Crippen LogP contribution in [0.4, 0.5) is 0 Å². The number of aliphatic hydroxyl groups is 3. The van der Waals surface area contributed by atoms with Crippen molar-refractivity contribution in [3.8, 4) is 0 Å². The van der Waals surface area contributed by atoms with Crippen molar-refractivity contribution in [3.63, 3.8) is 0 Å². The predicted molar refractivity (Wildman–Crippen MR) is 74.8 cm³/mol. The zero-order valence-corrected chi connectivity index (χ0v) is 11.8. The molecule has 0 fully saturated rings. The first kappa shape index (κ1) is 14.4. The number of aliphatic hydroxyl groups excluding tert-OH is 3. The Hall–Kier alpha value is -1.51. The molecule has 1 aromatic heterocycles. The molecule has 1 aliphatic heterocycles. The molecule has 0 aliphatic carbocycles. The maximum atomic E-state index is 10.3. The molecular formula is C14H15NO5S. The smallest absolute Gasteiger partial charge is 0.271 e. The first-order chi connectivity index (χ1) is 10.1. The monoisotopic (exact) mass is 309 g/mol. The van der Waals surface area contributed by atoms with Crippen LogP contribution in [0.2, 0.25) is 0 Å². The van der Waals surface area contributed by atoms with Crippen molar-refractivity contribution in [2.45, 2.75) is 31.1 Å². The Morgan fingerprint density at radius 1 is 1.19 bits per heavy atom. The summed E-state index contributed by atoms with van der Waals surface area (Å²) in [6.07, 6.45) is -3.45. The van der Waals surface area contributed by atoms with Gasteiger partial charge < -0.3 is 24.5 Å². The lowest BCUT2D eigenvalue weighted by atomic mass is 9.99. The van der Waals surface area contributed by atoms with Crippen LogP contribution in [0.3, 0.4) is 0 Å². The molecule has 2 heterocycles. The molecule has 4 atom stereocenters. The van der Waals surface area contributed by atoms with E-state index in [1.54, 1.807) is 0 Å². The van der Waals surface area contributed by atoms with Crippen molar-refractivity contribution in [1.82, 2.24) is 4.57 Å². The maximum absolute atomic E-state index is 10.3. The van der Waals surface area contributed by atoms with Gasteiger partial charge in [0.2, 0.25) is 0 Å². The van der Waals surface area contributed by atoms with Gasteiger partial charge in [0.15, 0.2) is 6.23 Å². The molecule has 6 nitrogen and oxygen atoms in total. The topological polar surface area (TPSA) is 88.0 Å². The van der Waals surface area contributed by atoms with Gasteiger partial charge in [0.1, 0.15) is 24.6 Å². The summed E-state index contributed by atoms with van der Waals surface area (Å²) in [5.41, 5.74) is 1.19. The molecular weight excluding hydrogens is 294 g/mol. The lowest BCUT2D eigenvalue weighted by Crippen LogP contribution is -2.46. The van der Waals surface area contributed by atoms with E-state index in [1.807, 2.05) is 30.3 Å². The molecule has 0 unspecified atom stereocenters. The van der Waals surface area contributed by atoms with E-state index < -0.39 is 24.5 Å². The quantitative estimate of drug-likeness (QED) is 0.741. The second-order valence-corrected chi connectivity index (χ2v) is 5.26. The Kier molecular flexibility index (Phi) is 3.92. The van der Waals surface area contributed by atoms with E-state index in [0.29, 0.717) is 0 Å². The fourth-order valence-electron chi connectivity index (χ4n) is 2.44.